The molecule has 2 bridgehead atoms. The van der Waals surface area contributed by atoms with Crippen molar-refractivity contribution < 1.29 is 4.52 Å². The first-order valence-corrected chi connectivity index (χ1v) is 9.53. The molecule has 4 heteroatoms. The van der Waals surface area contributed by atoms with Crippen molar-refractivity contribution in [1.82, 2.24) is 15.0 Å². The lowest BCUT2D eigenvalue weighted by atomic mass is 9.94. The molecule has 0 saturated carbocycles. The van der Waals surface area contributed by atoms with Crippen LogP contribution in [0.5, 0.6) is 0 Å². The van der Waals surface area contributed by atoms with E-state index in [1.54, 1.807) is 0 Å². The molecule has 0 unspecified atom stereocenters. The molecule has 0 aliphatic carbocycles. The molecule has 1 aromatic heterocycles. The Kier molecular flexibility index (Phi) is 4.65. The molecule has 1 aromatic carbocycles. The van der Waals surface area contributed by atoms with Gasteiger partial charge in [0.2, 0.25) is 0 Å². The lowest BCUT2D eigenvalue weighted by Gasteiger charge is -2.36. The highest BCUT2D eigenvalue weighted by molar-refractivity contribution is 5.25. The van der Waals surface area contributed by atoms with Gasteiger partial charge in [-0.25, -0.2) is 0 Å². The van der Waals surface area contributed by atoms with Crippen molar-refractivity contribution in [3.63, 3.8) is 0 Å². The van der Waals surface area contributed by atoms with E-state index >= 15 is 0 Å². The summed E-state index contributed by atoms with van der Waals surface area (Å²) in [5.41, 5.74) is 5.22. The van der Waals surface area contributed by atoms with Gasteiger partial charge in [-0.15, -0.1) is 0 Å². The standard InChI is InChI=1S/C21H29N3O/c1-15-6-4-5-7-19(15)12-24-11-18-8-9-20(24)13-23(10-18)14-21-16(2)22-25-17(21)3/h4-7,18,20H,8-14H2,1-3H3/t18-,20+/m0/s1. The number of aromatic nitrogens is 1. The van der Waals surface area contributed by atoms with E-state index in [4.69, 9.17) is 4.52 Å². The van der Waals surface area contributed by atoms with Gasteiger partial charge in [0.05, 0.1) is 5.69 Å². The molecule has 4 heterocycles. The number of piperidine rings is 1. The zero-order chi connectivity index (χ0) is 17.4. The van der Waals surface area contributed by atoms with Crippen LogP contribution in [0.2, 0.25) is 0 Å². The molecule has 3 aliphatic heterocycles. The summed E-state index contributed by atoms with van der Waals surface area (Å²) in [6.45, 7) is 12.0. The second-order valence-electron chi connectivity index (χ2n) is 7.95. The highest BCUT2D eigenvalue weighted by Gasteiger charge is 2.35. The Morgan fingerprint density at radius 2 is 1.88 bits per heavy atom. The summed E-state index contributed by atoms with van der Waals surface area (Å²) >= 11 is 0. The molecule has 0 radical (unpaired) electrons. The van der Waals surface area contributed by atoms with Crippen molar-refractivity contribution in [2.24, 2.45) is 5.92 Å². The molecule has 0 amide bonds. The Hall–Kier alpha value is -1.65. The van der Waals surface area contributed by atoms with Gasteiger partial charge in [-0.1, -0.05) is 29.4 Å². The Morgan fingerprint density at radius 1 is 1.04 bits per heavy atom. The van der Waals surface area contributed by atoms with E-state index < -0.39 is 0 Å². The van der Waals surface area contributed by atoms with Crippen LogP contribution in [-0.2, 0) is 13.1 Å². The van der Waals surface area contributed by atoms with Gasteiger partial charge in [0.15, 0.2) is 0 Å². The Bertz CT molecular complexity index is 719. The third kappa shape index (κ3) is 3.51. The monoisotopic (exact) mass is 339 g/mol. The maximum atomic E-state index is 5.36. The molecule has 2 atom stereocenters. The fraction of sp³-hybridized carbons (Fsp3) is 0.571. The number of hydrogen-bond donors (Lipinski definition) is 0. The largest absolute Gasteiger partial charge is 0.361 e. The molecule has 0 N–H and O–H groups in total. The summed E-state index contributed by atoms with van der Waals surface area (Å²) < 4.78 is 5.36. The van der Waals surface area contributed by atoms with Crippen LogP contribution in [0.3, 0.4) is 0 Å². The van der Waals surface area contributed by atoms with Gasteiger partial charge in [-0.05, 0) is 50.7 Å². The highest BCUT2D eigenvalue weighted by Crippen LogP contribution is 2.31. The molecule has 4 nitrogen and oxygen atoms in total. The van der Waals surface area contributed by atoms with Gasteiger partial charge in [0, 0.05) is 44.3 Å². The predicted molar refractivity (Wildman–Crippen MR) is 99.4 cm³/mol. The Morgan fingerprint density at radius 3 is 2.64 bits per heavy atom. The third-order valence-electron chi connectivity index (χ3n) is 6.10. The number of benzene rings is 1. The fourth-order valence-corrected chi connectivity index (χ4v) is 4.56. The van der Waals surface area contributed by atoms with Crippen molar-refractivity contribution in [2.45, 2.75) is 52.7 Å². The minimum atomic E-state index is 0.666. The summed E-state index contributed by atoms with van der Waals surface area (Å²) in [4.78, 5) is 5.36. The van der Waals surface area contributed by atoms with Gasteiger partial charge in [0.25, 0.3) is 0 Å². The van der Waals surface area contributed by atoms with Crippen molar-refractivity contribution >= 4 is 0 Å². The topological polar surface area (TPSA) is 32.5 Å². The minimum absolute atomic E-state index is 0.666. The zero-order valence-corrected chi connectivity index (χ0v) is 15.7. The van der Waals surface area contributed by atoms with Gasteiger partial charge in [0.1, 0.15) is 5.76 Å². The Labute approximate surface area is 150 Å². The van der Waals surface area contributed by atoms with Gasteiger partial charge in [-0.2, -0.15) is 0 Å². The van der Waals surface area contributed by atoms with Crippen LogP contribution < -0.4 is 0 Å². The predicted octanol–water partition coefficient (Wildman–Crippen LogP) is 3.70. The molecular formula is C21H29N3O. The average Bonchev–Trinajstić information content (AvgIpc) is 2.78. The quantitative estimate of drug-likeness (QED) is 0.850. The van der Waals surface area contributed by atoms with Crippen LogP contribution in [-0.4, -0.2) is 40.6 Å². The van der Waals surface area contributed by atoms with Crippen LogP contribution >= 0.6 is 0 Å². The summed E-state index contributed by atoms with van der Waals surface area (Å²) in [5.74, 6) is 1.76. The molecule has 5 rings (SSSR count). The van der Waals surface area contributed by atoms with E-state index in [0.717, 1.165) is 37.0 Å². The number of aryl methyl sites for hydroxylation is 3. The van der Waals surface area contributed by atoms with Gasteiger partial charge >= 0.3 is 0 Å². The highest BCUT2D eigenvalue weighted by atomic mass is 16.5. The number of nitrogens with zero attached hydrogens (tertiary/aromatic N) is 3. The van der Waals surface area contributed by atoms with Crippen LogP contribution in [0.1, 0.15) is 41.0 Å². The molecule has 2 aromatic rings. The molecule has 134 valence electrons. The van der Waals surface area contributed by atoms with Crippen LogP contribution in [0.25, 0.3) is 0 Å². The fourth-order valence-electron chi connectivity index (χ4n) is 4.56. The average molecular weight is 339 g/mol. The van der Waals surface area contributed by atoms with E-state index in [2.05, 4.69) is 53.1 Å². The first-order valence-electron chi connectivity index (χ1n) is 9.53. The van der Waals surface area contributed by atoms with Crippen LogP contribution in [0.15, 0.2) is 28.8 Å². The molecule has 3 saturated heterocycles. The lowest BCUT2D eigenvalue weighted by molar-refractivity contribution is 0.123. The second-order valence-corrected chi connectivity index (χ2v) is 7.95. The van der Waals surface area contributed by atoms with Crippen molar-refractivity contribution in [1.29, 1.82) is 0 Å². The van der Waals surface area contributed by atoms with Gasteiger partial charge in [-0.3, -0.25) is 9.80 Å². The summed E-state index contributed by atoms with van der Waals surface area (Å²) in [5, 5.41) is 4.13. The SMILES string of the molecule is Cc1ccccc1CN1C[C@H]2CC[C@@H]1CN(Cc1c(C)noc1C)C2. The number of rotatable bonds is 4. The third-order valence-corrected chi connectivity index (χ3v) is 6.10. The van der Waals surface area contributed by atoms with E-state index in [-0.39, 0.29) is 0 Å². The van der Waals surface area contributed by atoms with Crippen molar-refractivity contribution in [2.75, 3.05) is 19.6 Å². The maximum absolute atomic E-state index is 5.36. The number of fused-ring (bicyclic) bond motifs is 4. The minimum Gasteiger partial charge on any atom is -0.361 e. The second kappa shape index (κ2) is 6.93. The van der Waals surface area contributed by atoms with Gasteiger partial charge < -0.3 is 4.52 Å². The van der Waals surface area contributed by atoms with Crippen LogP contribution in [0.4, 0.5) is 0 Å². The van der Waals surface area contributed by atoms with Crippen molar-refractivity contribution in [3.05, 3.63) is 52.4 Å². The van der Waals surface area contributed by atoms with Crippen LogP contribution in [0, 0.1) is 26.7 Å². The smallest absolute Gasteiger partial charge is 0.138 e. The van der Waals surface area contributed by atoms with E-state index in [0.29, 0.717) is 6.04 Å². The lowest BCUT2D eigenvalue weighted by Crippen LogP contribution is -2.43. The normalized spacial score (nSPS) is 24.6. The molecule has 25 heavy (non-hydrogen) atoms. The number of hydrogen-bond acceptors (Lipinski definition) is 4. The molecular weight excluding hydrogens is 310 g/mol. The van der Waals surface area contributed by atoms with E-state index in [1.807, 2.05) is 6.92 Å². The maximum Gasteiger partial charge on any atom is 0.138 e. The molecule has 3 aliphatic rings. The Balaban J connectivity index is 1.48. The molecule has 0 spiro atoms. The zero-order valence-electron chi connectivity index (χ0n) is 15.7. The van der Waals surface area contributed by atoms with Crippen molar-refractivity contribution in [3.8, 4) is 0 Å². The first kappa shape index (κ1) is 16.8. The van der Waals surface area contributed by atoms with E-state index in [1.165, 1.54) is 42.6 Å². The summed E-state index contributed by atoms with van der Waals surface area (Å²) in [7, 11) is 0. The summed E-state index contributed by atoms with van der Waals surface area (Å²) in [6, 6.07) is 9.49. The first-order chi connectivity index (χ1) is 12.1. The summed E-state index contributed by atoms with van der Waals surface area (Å²) in [6.07, 6.45) is 2.70. The molecule has 3 fully saturated rings. The van der Waals surface area contributed by atoms with E-state index in [9.17, 15) is 0 Å².